The molecular weight excluding hydrogens is 140 g/mol. The number of hydrogen-bond acceptors (Lipinski definition) is 2. The second-order valence-electron chi connectivity index (χ2n) is 2.28. The topological polar surface area (TPSA) is 40.5 Å². The van der Waals surface area contributed by atoms with E-state index in [1.807, 2.05) is 30.3 Å². The Morgan fingerprint density at radius 3 is 2.45 bits per heavy atom. The second-order valence-corrected chi connectivity index (χ2v) is 2.28. The van der Waals surface area contributed by atoms with Crippen molar-refractivity contribution in [3.63, 3.8) is 0 Å². The summed E-state index contributed by atoms with van der Waals surface area (Å²) < 4.78 is 0. The fraction of sp³-hybridized carbons (Fsp3) is 0.111. The molecule has 0 unspecified atom stereocenters. The minimum Gasteiger partial charge on any atom is -0.512 e. The van der Waals surface area contributed by atoms with Gasteiger partial charge in [-0.15, -0.1) is 0 Å². The zero-order valence-corrected chi connectivity index (χ0v) is 6.07. The van der Waals surface area contributed by atoms with Crippen molar-refractivity contribution >= 4 is 0 Å². The fourth-order valence-electron chi connectivity index (χ4n) is 0.851. The highest BCUT2D eigenvalue weighted by Gasteiger charge is 1.94. The summed E-state index contributed by atoms with van der Waals surface area (Å²) in [6, 6.07) is 9.46. The molecule has 0 spiro atoms. The number of rotatable bonds is 2. The summed E-state index contributed by atoms with van der Waals surface area (Å²) in [6.45, 7) is 0. The molecule has 0 amide bonds. The van der Waals surface area contributed by atoms with E-state index >= 15 is 0 Å². The van der Waals surface area contributed by atoms with Crippen LogP contribution in [0.4, 0.5) is 0 Å². The molecule has 2 nitrogen and oxygen atoms in total. The molecule has 0 saturated carbocycles. The molecule has 0 aliphatic carbocycles. The lowest BCUT2D eigenvalue weighted by Crippen LogP contribution is -1.88. The van der Waals surface area contributed by atoms with Crippen LogP contribution in [0.5, 0.6) is 0 Å². The van der Waals surface area contributed by atoms with E-state index in [-0.39, 0.29) is 5.76 Å². The first-order chi connectivity index (χ1) is 5.33. The third-order valence-corrected chi connectivity index (χ3v) is 1.38. The Bertz CT molecular complexity index is 239. The van der Waals surface area contributed by atoms with E-state index < -0.39 is 0 Å². The van der Waals surface area contributed by atoms with Crippen molar-refractivity contribution in [3.05, 3.63) is 47.9 Å². The molecule has 0 radical (unpaired) electrons. The van der Waals surface area contributed by atoms with Crippen molar-refractivity contribution in [3.8, 4) is 0 Å². The lowest BCUT2D eigenvalue weighted by molar-refractivity contribution is 0.351. The first kappa shape index (κ1) is 7.66. The third-order valence-electron chi connectivity index (χ3n) is 1.38. The summed E-state index contributed by atoms with van der Waals surface area (Å²) in [6.07, 6.45) is 1.10. The number of aliphatic hydroxyl groups is 2. The predicted molar refractivity (Wildman–Crippen MR) is 43.5 cm³/mol. The molecule has 1 rings (SSSR count). The molecule has 1 aromatic carbocycles. The fourth-order valence-corrected chi connectivity index (χ4v) is 0.851. The maximum absolute atomic E-state index is 8.92. The predicted octanol–water partition coefficient (Wildman–Crippen LogP) is 2.19. The highest BCUT2D eigenvalue weighted by atomic mass is 16.3. The van der Waals surface area contributed by atoms with E-state index in [4.69, 9.17) is 10.2 Å². The first-order valence-corrected chi connectivity index (χ1v) is 3.39. The van der Waals surface area contributed by atoms with Gasteiger partial charge in [0.05, 0.1) is 0 Å². The highest BCUT2D eigenvalue weighted by Crippen LogP contribution is 2.03. The van der Waals surface area contributed by atoms with Gasteiger partial charge < -0.3 is 10.2 Å². The summed E-state index contributed by atoms with van der Waals surface area (Å²) in [7, 11) is 0. The average molecular weight is 150 g/mol. The second kappa shape index (κ2) is 3.66. The van der Waals surface area contributed by atoms with Crippen molar-refractivity contribution < 1.29 is 10.2 Å². The summed E-state index contributed by atoms with van der Waals surface area (Å²) in [5, 5.41) is 17.3. The molecule has 0 saturated heterocycles. The molecule has 2 heteroatoms. The molecule has 0 aliphatic heterocycles. The van der Waals surface area contributed by atoms with Gasteiger partial charge in [-0.3, -0.25) is 0 Å². The minimum absolute atomic E-state index is 0.0174. The van der Waals surface area contributed by atoms with Crippen LogP contribution in [-0.2, 0) is 6.42 Å². The van der Waals surface area contributed by atoms with E-state index in [1.54, 1.807) is 0 Å². The summed E-state index contributed by atoms with van der Waals surface area (Å²) >= 11 is 0. The Hall–Kier alpha value is -1.44. The van der Waals surface area contributed by atoms with Crippen molar-refractivity contribution in [1.82, 2.24) is 0 Å². The van der Waals surface area contributed by atoms with Crippen molar-refractivity contribution in [2.75, 3.05) is 0 Å². The maximum atomic E-state index is 8.92. The number of benzene rings is 1. The molecule has 0 aromatic heterocycles. The van der Waals surface area contributed by atoms with Gasteiger partial charge in [-0.2, -0.15) is 0 Å². The zero-order chi connectivity index (χ0) is 8.10. The Morgan fingerprint density at radius 1 is 1.27 bits per heavy atom. The van der Waals surface area contributed by atoms with Gasteiger partial charge in [0.2, 0.25) is 0 Å². The molecule has 1 aromatic rings. The van der Waals surface area contributed by atoms with Gasteiger partial charge in [-0.25, -0.2) is 0 Å². The van der Waals surface area contributed by atoms with Crippen LogP contribution in [0.15, 0.2) is 42.4 Å². The smallest absolute Gasteiger partial charge is 0.131 e. The largest absolute Gasteiger partial charge is 0.512 e. The molecule has 0 heterocycles. The summed E-state index contributed by atoms with van der Waals surface area (Å²) in [5.74, 6) is -0.0174. The Balaban J connectivity index is 2.65. The number of allylic oxidation sites excluding steroid dienone is 1. The Kier molecular flexibility index (Phi) is 2.55. The van der Waals surface area contributed by atoms with Crippen LogP contribution in [0.25, 0.3) is 0 Å². The van der Waals surface area contributed by atoms with Crippen molar-refractivity contribution in [1.29, 1.82) is 0 Å². The first-order valence-electron chi connectivity index (χ1n) is 3.39. The Morgan fingerprint density at radius 2 is 1.91 bits per heavy atom. The zero-order valence-electron chi connectivity index (χ0n) is 6.07. The van der Waals surface area contributed by atoms with Crippen LogP contribution >= 0.6 is 0 Å². The van der Waals surface area contributed by atoms with E-state index in [2.05, 4.69) is 0 Å². The summed E-state index contributed by atoms with van der Waals surface area (Å²) in [4.78, 5) is 0. The standard InChI is InChI=1S/C9H10O2/c10-7-9(11)6-8-4-2-1-3-5-8/h1-5,7,10-11H,6H2. The SMILES string of the molecule is OC=C(O)Cc1ccccc1. The van der Waals surface area contributed by atoms with Crippen LogP contribution in [0, 0.1) is 0 Å². The van der Waals surface area contributed by atoms with Gasteiger partial charge in [0.15, 0.2) is 0 Å². The van der Waals surface area contributed by atoms with Gasteiger partial charge in [0.1, 0.15) is 12.0 Å². The van der Waals surface area contributed by atoms with Crippen LogP contribution in [0.1, 0.15) is 5.56 Å². The van der Waals surface area contributed by atoms with E-state index in [1.165, 1.54) is 0 Å². The quantitative estimate of drug-likeness (QED) is 0.634. The molecule has 0 atom stereocenters. The van der Waals surface area contributed by atoms with Gasteiger partial charge in [-0.05, 0) is 5.56 Å². The molecule has 2 N–H and O–H groups in total. The third kappa shape index (κ3) is 2.34. The molecule has 58 valence electrons. The monoisotopic (exact) mass is 150 g/mol. The van der Waals surface area contributed by atoms with Crippen LogP contribution < -0.4 is 0 Å². The highest BCUT2D eigenvalue weighted by molar-refractivity contribution is 5.18. The van der Waals surface area contributed by atoms with Crippen molar-refractivity contribution in [2.24, 2.45) is 0 Å². The van der Waals surface area contributed by atoms with E-state index in [0.717, 1.165) is 5.56 Å². The van der Waals surface area contributed by atoms with Crippen molar-refractivity contribution in [2.45, 2.75) is 6.42 Å². The van der Waals surface area contributed by atoms with E-state index in [0.29, 0.717) is 12.7 Å². The van der Waals surface area contributed by atoms with Gasteiger partial charge in [0, 0.05) is 6.42 Å². The lowest BCUT2D eigenvalue weighted by Gasteiger charge is -1.97. The van der Waals surface area contributed by atoms with Gasteiger partial charge in [-0.1, -0.05) is 30.3 Å². The van der Waals surface area contributed by atoms with E-state index in [9.17, 15) is 0 Å². The van der Waals surface area contributed by atoms with Crippen LogP contribution in [0.3, 0.4) is 0 Å². The molecule has 11 heavy (non-hydrogen) atoms. The normalized spacial score (nSPS) is 11.5. The molecular formula is C9H10O2. The van der Waals surface area contributed by atoms with Gasteiger partial charge in [0.25, 0.3) is 0 Å². The molecule has 0 fully saturated rings. The average Bonchev–Trinajstić information content (AvgIpc) is 2.06. The Labute approximate surface area is 65.4 Å². The molecule has 0 bridgehead atoms. The maximum Gasteiger partial charge on any atom is 0.131 e. The number of aliphatic hydroxyl groups excluding tert-OH is 2. The summed E-state index contributed by atoms with van der Waals surface area (Å²) in [5.41, 5.74) is 0.982. The van der Waals surface area contributed by atoms with Crippen LogP contribution in [0.2, 0.25) is 0 Å². The minimum atomic E-state index is -0.0174. The molecule has 0 aliphatic rings. The lowest BCUT2D eigenvalue weighted by atomic mass is 10.1. The van der Waals surface area contributed by atoms with Crippen LogP contribution in [-0.4, -0.2) is 10.2 Å². The number of hydrogen-bond donors (Lipinski definition) is 2. The van der Waals surface area contributed by atoms with Gasteiger partial charge >= 0.3 is 0 Å².